The molecule has 2 aromatic rings. The van der Waals surface area contributed by atoms with Crippen molar-refractivity contribution >= 4 is 23.2 Å². The molecule has 0 atom stereocenters. The van der Waals surface area contributed by atoms with E-state index in [0.29, 0.717) is 17.9 Å². The topological polar surface area (TPSA) is 70.2 Å². The predicted molar refractivity (Wildman–Crippen MR) is 101 cm³/mol. The van der Waals surface area contributed by atoms with Crippen molar-refractivity contribution in [1.29, 1.82) is 0 Å². The summed E-state index contributed by atoms with van der Waals surface area (Å²) < 4.78 is 0. The lowest BCUT2D eigenvalue weighted by atomic mass is 9.95. The summed E-state index contributed by atoms with van der Waals surface area (Å²) in [5.41, 5.74) is 1.97. The SMILES string of the molecule is CC(C)(C)C(=O)Nc1cccc(NC(=O)CNCc2ccccc2)c1. The van der Waals surface area contributed by atoms with Crippen LogP contribution >= 0.6 is 0 Å². The van der Waals surface area contributed by atoms with E-state index in [1.165, 1.54) is 0 Å². The highest BCUT2D eigenvalue weighted by Crippen LogP contribution is 2.19. The molecule has 0 heterocycles. The van der Waals surface area contributed by atoms with Gasteiger partial charge in [-0.25, -0.2) is 0 Å². The number of benzene rings is 2. The Hall–Kier alpha value is -2.66. The first-order valence-corrected chi connectivity index (χ1v) is 8.30. The predicted octanol–water partition coefficient (Wildman–Crippen LogP) is 3.40. The molecule has 132 valence electrons. The fourth-order valence-corrected chi connectivity index (χ4v) is 2.11. The molecule has 0 bridgehead atoms. The van der Waals surface area contributed by atoms with Gasteiger partial charge >= 0.3 is 0 Å². The highest BCUT2D eigenvalue weighted by molar-refractivity contribution is 5.96. The number of anilines is 2. The second-order valence-electron chi connectivity index (χ2n) is 6.92. The van der Waals surface area contributed by atoms with Crippen molar-refractivity contribution < 1.29 is 9.59 Å². The third kappa shape index (κ3) is 6.39. The summed E-state index contributed by atoms with van der Waals surface area (Å²) in [6, 6.07) is 17.0. The zero-order chi connectivity index (χ0) is 18.3. The minimum absolute atomic E-state index is 0.0690. The van der Waals surface area contributed by atoms with Crippen LogP contribution in [-0.2, 0) is 16.1 Å². The Balaban J connectivity index is 1.84. The molecule has 0 fully saturated rings. The van der Waals surface area contributed by atoms with E-state index in [1.807, 2.05) is 51.1 Å². The van der Waals surface area contributed by atoms with Crippen molar-refractivity contribution in [3.63, 3.8) is 0 Å². The van der Waals surface area contributed by atoms with Gasteiger partial charge in [-0.2, -0.15) is 0 Å². The molecule has 2 rings (SSSR count). The molecule has 2 amide bonds. The Labute approximate surface area is 148 Å². The summed E-state index contributed by atoms with van der Waals surface area (Å²) in [6.07, 6.45) is 0. The quantitative estimate of drug-likeness (QED) is 0.755. The van der Waals surface area contributed by atoms with E-state index in [2.05, 4.69) is 16.0 Å². The monoisotopic (exact) mass is 339 g/mol. The average Bonchev–Trinajstić information content (AvgIpc) is 2.55. The third-order valence-electron chi connectivity index (χ3n) is 3.54. The standard InChI is InChI=1S/C20H25N3O2/c1-20(2,3)19(25)23-17-11-7-10-16(12-17)22-18(24)14-21-13-15-8-5-4-6-9-15/h4-12,21H,13-14H2,1-3H3,(H,22,24)(H,23,25). The first kappa shape index (κ1) is 18.7. The van der Waals surface area contributed by atoms with Gasteiger partial charge in [-0.15, -0.1) is 0 Å². The van der Waals surface area contributed by atoms with Crippen molar-refractivity contribution in [3.05, 3.63) is 60.2 Å². The van der Waals surface area contributed by atoms with Gasteiger partial charge in [0.15, 0.2) is 0 Å². The van der Waals surface area contributed by atoms with Gasteiger partial charge in [0.05, 0.1) is 6.54 Å². The summed E-state index contributed by atoms with van der Waals surface area (Å²) in [4.78, 5) is 24.1. The van der Waals surface area contributed by atoms with Gasteiger partial charge in [-0.1, -0.05) is 57.2 Å². The van der Waals surface area contributed by atoms with Gasteiger partial charge in [-0.3, -0.25) is 9.59 Å². The van der Waals surface area contributed by atoms with E-state index in [0.717, 1.165) is 5.56 Å². The van der Waals surface area contributed by atoms with Crippen LogP contribution in [0.2, 0.25) is 0 Å². The summed E-state index contributed by atoms with van der Waals surface area (Å²) in [5.74, 6) is -0.198. The second kappa shape index (κ2) is 8.44. The van der Waals surface area contributed by atoms with Crippen LogP contribution in [0.25, 0.3) is 0 Å². The molecular weight excluding hydrogens is 314 g/mol. The number of carbonyl (C=O) groups excluding carboxylic acids is 2. The number of rotatable bonds is 6. The Morgan fingerprint density at radius 1 is 0.880 bits per heavy atom. The Bertz CT molecular complexity index is 721. The van der Waals surface area contributed by atoms with E-state index in [1.54, 1.807) is 24.3 Å². The van der Waals surface area contributed by atoms with E-state index >= 15 is 0 Å². The molecule has 0 saturated carbocycles. The van der Waals surface area contributed by atoms with Gasteiger partial charge in [0.2, 0.25) is 11.8 Å². The van der Waals surface area contributed by atoms with Gasteiger partial charge in [-0.05, 0) is 23.8 Å². The zero-order valence-corrected chi connectivity index (χ0v) is 14.9. The summed E-state index contributed by atoms with van der Waals surface area (Å²) in [7, 11) is 0. The molecule has 0 spiro atoms. The summed E-state index contributed by atoms with van der Waals surface area (Å²) in [6.45, 7) is 6.41. The van der Waals surface area contributed by atoms with Crippen LogP contribution in [0.5, 0.6) is 0 Å². The van der Waals surface area contributed by atoms with Crippen LogP contribution in [0.4, 0.5) is 11.4 Å². The largest absolute Gasteiger partial charge is 0.326 e. The molecule has 0 aliphatic rings. The molecule has 0 unspecified atom stereocenters. The maximum Gasteiger partial charge on any atom is 0.238 e. The number of carbonyl (C=O) groups is 2. The Morgan fingerprint density at radius 2 is 1.52 bits per heavy atom. The average molecular weight is 339 g/mol. The van der Waals surface area contributed by atoms with E-state index in [9.17, 15) is 9.59 Å². The minimum Gasteiger partial charge on any atom is -0.326 e. The maximum atomic E-state index is 12.0. The van der Waals surface area contributed by atoms with Crippen LogP contribution in [0.3, 0.4) is 0 Å². The normalized spacial score (nSPS) is 11.0. The van der Waals surface area contributed by atoms with E-state index in [-0.39, 0.29) is 18.4 Å². The first-order chi connectivity index (χ1) is 11.8. The molecule has 5 heteroatoms. The van der Waals surface area contributed by atoms with Crippen molar-refractivity contribution in [3.8, 4) is 0 Å². The minimum atomic E-state index is -0.472. The molecule has 0 aliphatic heterocycles. The molecule has 3 N–H and O–H groups in total. The molecule has 2 aromatic carbocycles. The van der Waals surface area contributed by atoms with Gasteiger partial charge in [0, 0.05) is 23.3 Å². The molecular formula is C20H25N3O2. The number of hydrogen-bond acceptors (Lipinski definition) is 3. The highest BCUT2D eigenvalue weighted by Gasteiger charge is 2.21. The van der Waals surface area contributed by atoms with Crippen LogP contribution in [0.15, 0.2) is 54.6 Å². The summed E-state index contributed by atoms with van der Waals surface area (Å²) >= 11 is 0. The van der Waals surface area contributed by atoms with Crippen molar-refractivity contribution in [2.75, 3.05) is 17.2 Å². The number of hydrogen-bond donors (Lipinski definition) is 3. The van der Waals surface area contributed by atoms with Crippen molar-refractivity contribution in [2.24, 2.45) is 5.41 Å². The fraction of sp³-hybridized carbons (Fsp3) is 0.300. The number of amides is 2. The van der Waals surface area contributed by atoms with Crippen LogP contribution in [0.1, 0.15) is 26.3 Å². The van der Waals surface area contributed by atoms with Gasteiger partial charge < -0.3 is 16.0 Å². The van der Waals surface area contributed by atoms with Gasteiger partial charge in [0.1, 0.15) is 0 Å². The van der Waals surface area contributed by atoms with E-state index in [4.69, 9.17) is 0 Å². The van der Waals surface area contributed by atoms with Crippen LogP contribution in [-0.4, -0.2) is 18.4 Å². The second-order valence-corrected chi connectivity index (χ2v) is 6.92. The molecule has 0 aliphatic carbocycles. The lowest BCUT2D eigenvalue weighted by Crippen LogP contribution is -2.28. The molecule has 5 nitrogen and oxygen atoms in total. The van der Waals surface area contributed by atoms with Crippen LogP contribution < -0.4 is 16.0 Å². The molecule has 0 radical (unpaired) electrons. The van der Waals surface area contributed by atoms with E-state index < -0.39 is 5.41 Å². The molecule has 25 heavy (non-hydrogen) atoms. The highest BCUT2D eigenvalue weighted by atomic mass is 16.2. The fourth-order valence-electron chi connectivity index (χ4n) is 2.11. The molecule has 0 saturated heterocycles. The third-order valence-corrected chi connectivity index (χ3v) is 3.54. The van der Waals surface area contributed by atoms with Crippen molar-refractivity contribution in [1.82, 2.24) is 5.32 Å². The maximum absolute atomic E-state index is 12.0. The summed E-state index contributed by atoms with van der Waals surface area (Å²) in [5, 5.41) is 8.79. The van der Waals surface area contributed by atoms with Crippen molar-refractivity contribution in [2.45, 2.75) is 27.3 Å². The Morgan fingerprint density at radius 3 is 2.16 bits per heavy atom. The smallest absolute Gasteiger partial charge is 0.238 e. The Kier molecular flexibility index (Phi) is 6.31. The lowest BCUT2D eigenvalue weighted by Gasteiger charge is -2.18. The number of nitrogens with one attached hydrogen (secondary N) is 3. The lowest BCUT2D eigenvalue weighted by molar-refractivity contribution is -0.123. The molecule has 0 aromatic heterocycles. The van der Waals surface area contributed by atoms with Gasteiger partial charge in [0.25, 0.3) is 0 Å². The van der Waals surface area contributed by atoms with Crippen LogP contribution in [0, 0.1) is 5.41 Å². The zero-order valence-electron chi connectivity index (χ0n) is 14.9. The first-order valence-electron chi connectivity index (χ1n) is 8.30.